The van der Waals surface area contributed by atoms with Crippen molar-refractivity contribution in [1.82, 2.24) is 4.98 Å². The summed E-state index contributed by atoms with van der Waals surface area (Å²) in [5.74, 6) is -1.51. The molecule has 1 aromatic heterocycles. The van der Waals surface area contributed by atoms with Gasteiger partial charge in [-0.05, 0) is 24.3 Å². The number of rotatable bonds is 3. The molecule has 5 nitrogen and oxygen atoms in total. The van der Waals surface area contributed by atoms with E-state index in [-0.39, 0.29) is 22.9 Å². The van der Waals surface area contributed by atoms with Crippen LogP contribution in [0.15, 0.2) is 36.4 Å². The molecular formula is C12H9NO4. The molecule has 0 unspecified atom stereocenters. The molecule has 0 spiro atoms. The predicted octanol–water partition coefficient (Wildman–Crippen LogP) is 1.65. The van der Waals surface area contributed by atoms with Crippen LogP contribution in [0.3, 0.4) is 0 Å². The van der Waals surface area contributed by atoms with E-state index in [0.29, 0.717) is 5.56 Å². The molecule has 0 aliphatic heterocycles. The molecular weight excluding hydrogens is 222 g/mol. The van der Waals surface area contributed by atoms with E-state index >= 15 is 0 Å². The highest BCUT2D eigenvalue weighted by Gasteiger charge is 2.13. The van der Waals surface area contributed by atoms with E-state index in [1.165, 1.54) is 24.3 Å². The molecule has 2 rings (SSSR count). The molecule has 1 aromatic carbocycles. The second-order valence-corrected chi connectivity index (χ2v) is 3.47. The Labute approximate surface area is 96.3 Å². The fourth-order valence-electron chi connectivity index (χ4n) is 1.45. The maximum atomic E-state index is 11.9. The van der Waals surface area contributed by atoms with Gasteiger partial charge >= 0.3 is 5.97 Å². The average Bonchev–Trinajstić information content (AvgIpc) is 2.77. The maximum absolute atomic E-state index is 11.9. The monoisotopic (exact) mass is 231 g/mol. The SMILES string of the molecule is O=C(O)c1ccc(C(=O)c2cccc(O)c2)[nH]1. The van der Waals surface area contributed by atoms with Crippen LogP contribution in [-0.4, -0.2) is 26.9 Å². The zero-order valence-corrected chi connectivity index (χ0v) is 8.68. The largest absolute Gasteiger partial charge is 0.508 e. The standard InChI is InChI=1S/C12H9NO4/c14-8-3-1-2-7(6-8)11(15)9-4-5-10(13-9)12(16)17/h1-6,13-14H,(H,16,17). The third kappa shape index (κ3) is 2.17. The van der Waals surface area contributed by atoms with Gasteiger partial charge in [-0.25, -0.2) is 4.79 Å². The first-order valence-corrected chi connectivity index (χ1v) is 4.84. The lowest BCUT2D eigenvalue weighted by atomic mass is 10.1. The molecule has 86 valence electrons. The van der Waals surface area contributed by atoms with Crippen molar-refractivity contribution < 1.29 is 19.8 Å². The molecule has 2 aromatic rings. The Morgan fingerprint density at radius 2 is 1.76 bits per heavy atom. The minimum Gasteiger partial charge on any atom is -0.508 e. The summed E-state index contributed by atoms with van der Waals surface area (Å²) in [5.41, 5.74) is 0.422. The number of phenolic OH excluding ortho intramolecular Hbond substituents is 1. The number of ketones is 1. The first-order valence-electron chi connectivity index (χ1n) is 4.84. The number of phenols is 1. The smallest absolute Gasteiger partial charge is 0.352 e. The lowest BCUT2D eigenvalue weighted by Crippen LogP contribution is -2.03. The van der Waals surface area contributed by atoms with Crippen molar-refractivity contribution in [1.29, 1.82) is 0 Å². The Bertz CT molecular complexity index is 586. The van der Waals surface area contributed by atoms with Gasteiger partial charge in [0.15, 0.2) is 0 Å². The fraction of sp³-hybridized carbons (Fsp3) is 0. The molecule has 3 N–H and O–H groups in total. The van der Waals surface area contributed by atoms with Crippen molar-refractivity contribution in [3.8, 4) is 5.75 Å². The van der Waals surface area contributed by atoms with Crippen molar-refractivity contribution in [2.45, 2.75) is 0 Å². The minimum absolute atomic E-state index is 0.0131. The molecule has 1 heterocycles. The van der Waals surface area contributed by atoms with Crippen LogP contribution in [0.5, 0.6) is 5.75 Å². The van der Waals surface area contributed by atoms with E-state index in [1.807, 2.05) is 0 Å². The van der Waals surface area contributed by atoms with Crippen molar-refractivity contribution in [3.63, 3.8) is 0 Å². The summed E-state index contributed by atoms with van der Waals surface area (Å²) in [6.45, 7) is 0. The summed E-state index contributed by atoms with van der Waals surface area (Å²) in [6, 6.07) is 8.58. The van der Waals surface area contributed by atoms with E-state index in [1.54, 1.807) is 12.1 Å². The molecule has 0 amide bonds. The van der Waals surface area contributed by atoms with Crippen molar-refractivity contribution in [2.75, 3.05) is 0 Å². The highest BCUT2D eigenvalue weighted by Crippen LogP contribution is 2.15. The van der Waals surface area contributed by atoms with E-state index in [9.17, 15) is 14.7 Å². The quantitative estimate of drug-likeness (QED) is 0.700. The number of aromatic nitrogens is 1. The number of carbonyl (C=O) groups is 2. The Balaban J connectivity index is 2.34. The summed E-state index contributed by atoms with van der Waals surface area (Å²) < 4.78 is 0. The Morgan fingerprint density at radius 1 is 1.06 bits per heavy atom. The van der Waals surface area contributed by atoms with Crippen LogP contribution in [0.2, 0.25) is 0 Å². The maximum Gasteiger partial charge on any atom is 0.352 e. The van der Waals surface area contributed by atoms with Gasteiger partial charge in [0, 0.05) is 5.56 Å². The molecule has 0 aliphatic carbocycles. The van der Waals surface area contributed by atoms with Crippen LogP contribution in [0.4, 0.5) is 0 Å². The van der Waals surface area contributed by atoms with Crippen molar-refractivity contribution >= 4 is 11.8 Å². The van der Waals surface area contributed by atoms with Crippen LogP contribution in [0.1, 0.15) is 26.5 Å². The summed E-state index contributed by atoms with van der Waals surface area (Å²) in [5, 5.41) is 18.0. The number of carboxylic acids is 1. The zero-order chi connectivity index (χ0) is 12.4. The minimum atomic E-state index is -1.13. The highest BCUT2D eigenvalue weighted by atomic mass is 16.4. The number of hydrogen-bond acceptors (Lipinski definition) is 3. The van der Waals surface area contributed by atoms with Crippen LogP contribution in [0, 0.1) is 0 Å². The summed E-state index contributed by atoms with van der Waals surface area (Å²) in [4.78, 5) is 25.0. The number of aromatic hydroxyl groups is 1. The lowest BCUT2D eigenvalue weighted by molar-refractivity contribution is 0.0691. The number of nitrogens with one attached hydrogen (secondary N) is 1. The summed E-state index contributed by atoms with van der Waals surface area (Å²) in [6.07, 6.45) is 0. The fourth-order valence-corrected chi connectivity index (χ4v) is 1.45. The van der Waals surface area contributed by atoms with Gasteiger partial charge in [0.1, 0.15) is 11.4 Å². The topological polar surface area (TPSA) is 90.4 Å². The Morgan fingerprint density at radius 3 is 2.35 bits per heavy atom. The van der Waals surface area contributed by atoms with Crippen molar-refractivity contribution in [2.24, 2.45) is 0 Å². The summed E-state index contributed by atoms with van der Waals surface area (Å²) in [7, 11) is 0. The van der Waals surface area contributed by atoms with E-state index in [4.69, 9.17) is 5.11 Å². The van der Waals surface area contributed by atoms with Gasteiger partial charge in [-0.2, -0.15) is 0 Å². The molecule has 0 aliphatic rings. The molecule has 0 fully saturated rings. The van der Waals surface area contributed by atoms with Gasteiger partial charge in [0.2, 0.25) is 5.78 Å². The molecule has 0 radical (unpaired) electrons. The van der Waals surface area contributed by atoms with Crippen molar-refractivity contribution in [3.05, 3.63) is 53.3 Å². The third-order valence-electron chi connectivity index (χ3n) is 2.27. The zero-order valence-electron chi connectivity index (χ0n) is 8.68. The molecule has 17 heavy (non-hydrogen) atoms. The first-order chi connectivity index (χ1) is 8.08. The molecule has 0 saturated heterocycles. The van der Waals surface area contributed by atoms with Gasteiger partial charge < -0.3 is 15.2 Å². The summed E-state index contributed by atoms with van der Waals surface area (Å²) >= 11 is 0. The third-order valence-corrected chi connectivity index (χ3v) is 2.27. The Hall–Kier alpha value is -2.56. The number of carbonyl (C=O) groups excluding carboxylic acids is 1. The normalized spacial score (nSPS) is 10.1. The molecule has 0 atom stereocenters. The number of H-pyrrole nitrogens is 1. The van der Waals surface area contributed by atoms with Gasteiger partial charge in [0.05, 0.1) is 5.69 Å². The number of aromatic carboxylic acids is 1. The van der Waals surface area contributed by atoms with Crippen LogP contribution in [-0.2, 0) is 0 Å². The highest BCUT2D eigenvalue weighted by molar-refractivity contribution is 6.08. The van der Waals surface area contributed by atoms with Gasteiger partial charge in [-0.1, -0.05) is 12.1 Å². The van der Waals surface area contributed by atoms with Crippen LogP contribution < -0.4 is 0 Å². The van der Waals surface area contributed by atoms with Gasteiger partial charge in [-0.3, -0.25) is 4.79 Å². The van der Waals surface area contributed by atoms with E-state index in [0.717, 1.165) is 0 Å². The average molecular weight is 231 g/mol. The first kappa shape index (κ1) is 10.9. The van der Waals surface area contributed by atoms with Crippen LogP contribution >= 0.6 is 0 Å². The molecule has 0 saturated carbocycles. The Kier molecular flexibility index (Phi) is 2.66. The number of aromatic amines is 1. The van der Waals surface area contributed by atoms with Gasteiger partial charge in [-0.15, -0.1) is 0 Å². The van der Waals surface area contributed by atoms with E-state index < -0.39 is 5.97 Å². The second-order valence-electron chi connectivity index (χ2n) is 3.47. The number of hydrogen-bond donors (Lipinski definition) is 3. The van der Waals surface area contributed by atoms with Crippen LogP contribution in [0.25, 0.3) is 0 Å². The van der Waals surface area contributed by atoms with Gasteiger partial charge in [0.25, 0.3) is 0 Å². The predicted molar refractivity (Wildman–Crippen MR) is 59.3 cm³/mol. The molecule has 0 bridgehead atoms. The molecule has 5 heteroatoms. The van der Waals surface area contributed by atoms with E-state index in [2.05, 4.69) is 4.98 Å². The number of benzene rings is 1. The lowest BCUT2D eigenvalue weighted by Gasteiger charge is -1.99. The second kappa shape index (κ2) is 4.13. The number of carboxylic acid groups (broad SMARTS) is 1.